The molecule has 2 rings (SSSR count). The molecule has 0 aromatic carbocycles. The number of hydrogen-bond donors (Lipinski definition) is 0. The molecule has 0 aliphatic heterocycles. The normalized spacial score (nSPS) is 11.8. The molecule has 0 aliphatic carbocycles. The van der Waals surface area contributed by atoms with E-state index in [1.165, 1.54) is 24.7 Å². The first-order chi connectivity index (χ1) is 10.7. The summed E-state index contributed by atoms with van der Waals surface area (Å²) in [5.74, 6) is 0.293. The number of hydrogen-bond acceptors (Lipinski definition) is 5. The highest BCUT2D eigenvalue weighted by atomic mass is 16.5. The molecule has 0 saturated carbocycles. The summed E-state index contributed by atoms with van der Waals surface area (Å²) in [6, 6.07) is 6.86. The Bertz CT molecular complexity index is 660. The van der Waals surface area contributed by atoms with E-state index in [4.69, 9.17) is 13.6 Å². The summed E-state index contributed by atoms with van der Waals surface area (Å²) in [6.45, 7) is 1.98. The second-order valence-electron chi connectivity index (χ2n) is 4.38. The van der Waals surface area contributed by atoms with E-state index in [2.05, 4.69) is 0 Å². The second-order valence-corrected chi connectivity index (χ2v) is 4.38. The van der Waals surface area contributed by atoms with E-state index in [9.17, 15) is 9.59 Å². The highest BCUT2D eigenvalue weighted by molar-refractivity contribution is 6.11. The van der Waals surface area contributed by atoms with Crippen molar-refractivity contribution in [2.75, 3.05) is 6.61 Å². The van der Waals surface area contributed by atoms with Crippen LogP contribution in [-0.4, -0.2) is 18.4 Å². The molecule has 0 spiro atoms. The molecule has 2 aromatic rings. The zero-order chi connectivity index (χ0) is 15.8. The SMILES string of the molecule is CCOC(=O)C/C(=C\c1ccco1)C(=O)/C=C/c1ccco1. The lowest BCUT2D eigenvalue weighted by atomic mass is 10.1. The van der Waals surface area contributed by atoms with Gasteiger partial charge in [0.25, 0.3) is 0 Å². The van der Waals surface area contributed by atoms with Gasteiger partial charge in [0.05, 0.1) is 25.6 Å². The molecule has 2 heterocycles. The molecule has 22 heavy (non-hydrogen) atoms. The third-order valence-electron chi connectivity index (χ3n) is 2.76. The minimum Gasteiger partial charge on any atom is -0.466 e. The van der Waals surface area contributed by atoms with Crippen molar-refractivity contribution >= 4 is 23.9 Å². The number of allylic oxidation sites excluding steroid dienone is 1. The first-order valence-corrected chi connectivity index (χ1v) is 6.84. The maximum absolute atomic E-state index is 12.3. The van der Waals surface area contributed by atoms with Crippen LogP contribution < -0.4 is 0 Å². The smallest absolute Gasteiger partial charge is 0.310 e. The maximum atomic E-state index is 12.3. The van der Waals surface area contributed by atoms with Gasteiger partial charge in [-0.3, -0.25) is 9.59 Å². The van der Waals surface area contributed by atoms with Gasteiger partial charge in [-0.05, 0) is 49.4 Å². The third kappa shape index (κ3) is 4.63. The van der Waals surface area contributed by atoms with Gasteiger partial charge >= 0.3 is 5.97 Å². The highest BCUT2D eigenvalue weighted by Gasteiger charge is 2.13. The number of furan rings is 2. The van der Waals surface area contributed by atoms with Gasteiger partial charge in [0, 0.05) is 5.57 Å². The molecule has 0 bridgehead atoms. The Balaban J connectivity index is 2.16. The van der Waals surface area contributed by atoms with E-state index in [1.807, 2.05) is 0 Å². The number of rotatable bonds is 7. The summed E-state index contributed by atoms with van der Waals surface area (Å²) >= 11 is 0. The van der Waals surface area contributed by atoms with Crippen molar-refractivity contribution < 1.29 is 23.2 Å². The predicted molar refractivity (Wildman–Crippen MR) is 80.7 cm³/mol. The van der Waals surface area contributed by atoms with Gasteiger partial charge in [0.2, 0.25) is 0 Å². The Morgan fingerprint density at radius 1 is 1.14 bits per heavy atom. The lowest BCUT2D eigenvalue weighted by Crippen LogP contribution is -2.09. The molecule has 0 N–H and O–H groups in total. The average Bonchev–Trinajstić information content (AvgIpc) is 3.17. The van der Waals surface area contributed by atoms with E-state index in [1.54, 1.807) is 37.3 Å². The lowest BCUT2D eigenvalue weighted by Gasteiger charge is -2.03. The Labute approximate surface area is 127 Å². The molecule has 2 aromatic heterocycles. The van der Waals surface area contributed by atoms with Gasteiger partial charge in [0.15, 0.2) is 5.78 Å². The van der Waals surface area contributed by atoms with Crippen LogP contribution in [0.5, 0.6) is 0 Å². The van der Waals surface area contributed by atoms with Crippen molar-refractivity contribution in [1.29, 1.82) is 0 Å². The third-order valence-corrected chi connectivity index (χ3v) is 2.76. The van der Waals surface area contributed by atoms with E-state index < -0.39 is 5.97 Å². The summed E-state index contributed by atoms with van der Waals surface area (Å²) in [5, 5.41) is 0. The molecule has 0 radical (unpaired) electrons. The summed E-state index contributed by atoms with van der Waals surface area (Å²) in [5.41, 5.74) is 0.288. The first-order valence-electron chi connectivity index (χ1n) is 6.84. The van der Waals surface area contributed by atoms with Crippen molar-refractivity contribution in [1.82, 2.24) is 0 Å². The van der Waals surface area contributed by atoms with Crippen LogP contribution in [0.2, 0.25) is 0 Å². The molecule has 0 amide bonds. The molecule has 0 aliphatic rings. The first kappa shape index (κ1) is 15.6. The number of ether oxygens (including phenoxy) is 1. The van der Waals surface area contributed by atoms with Crippen LogP contribution >= 0.6 is 0 Å². The van der Waals surface area contributed by atoms with Crippen molar-refractivity contribution in [2.24, 2.45) is 0 Å². The molecular formula is C17H16O5. The molecule has 5 nitrogen and oxygen atoms in total. The quantitative estimate of drug-likeness (QED) is 0.578. The molecule has 0 fully saturated rings. The molecule has 5 heteroatoms. The summed E-state index contributed by atoms with van der Waals surface area (Å²) < 4.78 is 15.2. The molecule has 114 valence electrons. The van der Waals surface area contributed by atoms with Crippen LogP contribution in [0.3, 0.4) is 0 Å². The fraction of sp³-hybridized carbons (Fsp3) is 0.176. The van der Waals surface area contributed by atoms with Crippen LogP contribution in [0, 0.1) is 0 Å². The van der Waals surface area contributed by atoms with Gasteiger partial charge < -0.3 is 13.6 Å². The van der Waals surface area contributed by atoms with Crippen LogP contribution in [0.1, 0.15) is 24.9 Å². The predicted octanol–water partition coefficient (Wildman–Crippen LogP) is 3.49. The fourth-order valence-corrected chi connectivity index (χ4v) is 1.77. The fourth-order valence-electron chi connectivity index (χ4n) is 1.77. The monoisotopic (exact) mass is 300 g/mol. The van der Waals surface area contributed by atoms with Gasteiger partial charge in [-0.1, -0.05) is 0 Å². The average molecular weight is 300 g/mol. The van der Waals surface area contributed by atoms with Crippen LogP contribution in [0.25, 0.3) is 12.2 Å². The Kier molecular flexibility index (Phi) is 5.54. The lowest BCUT2D eigenvalue weighted by molar-refractivity contribution is -0.142. The standard InChI is InChI=1S/C17H16O5/c1-2-20-17(19)12-13(11-15-6-4-10-22-15)16(18)8-7-14-5-3-9-21-14/h3-11H,2,12H2,1H3/b8-7+,13-11+. The number of carbonyl (C=O) groups is 2. The Hall–Kier alpha value is -2.82. The van der Waals surface area contributed by atoms with E-state index in [0.29, 0.717) is 11.5 Å². The largest absolute Gasteiger partial charge is 0.466 e. The van der Waals surface area contributed by atoms with Crippen molar-refractivity contribution in [2.45, 2.75) is 13.3 Å². The minimum atomic E-state index is -0.458. The van der Waals surface area contributed by atoms with Crippen LogP contribution in [0.15, 0.2) is 57.3 Å². The minimum absolute atomic E-state index is 0.115. The topological polar surface area (TPSA) is 69.7 Å². The van der Waals surface area contributed by atoms with Gasteiger partial charge in [-0.2, -0.15) is 0 Å². The van der Waals surface area contributed by atoms with Crippen LogP contribution in [-0.2, 0) is 14.3 Å². The maximum Gasteiger partial charge on any atom is 0.310 e. The van der Waals surface area contributed by atoms with Crippen LogP contribution in [0.4, 0.5) is 0 Å². The van der Waals surface area contributed by atoms with Crippen molar-refractivity contribution in [3.05, 3.63) is 60.0 Å². The molecular weight excluding hydrogens is 284 g/mol. The summed E-state index contributed by atoms with van der Waals surface area (Å²) in [7, 11) is 0. The summed E-state index contributed by atoms with van der Waals surface area (Å²) in [4.78, 5) is 23.9. The van der Waals surface area contributed by atoms with E-state index >= 15 is 0 Å². The molecule has 0 atom stereocenters. The Morgan fingerprint density at radius 3 is 2.41 bits per heavy atom. The van der Waals surface area contributed by atoms with Gasteiger partial charge in [-0.15, -0.1) is 0 Å². The van der Waals surface area contributed by atoms with Gasteiger partial charge in [-0.25, -0.2) is 0 Å². The molecule has 0 unspecified atom stereocenters. The van der Waals surface area contributed by atoms with Crippen molar-refractivity contribution in [3.8, 4) is 0 Å². The summed E-state index contributed by atoms with van der Waals surface area (Å²) in [6.07, 6.45) is 7.33. The zero-order valence-corrected chi connectivity index (χ0v) is 12.2. The number of ketones is 1. The second kappa shape index (κ2) is 7.83. The number of esters is 1. The number of carbonyl (C=O) groups excluding carboxylic acids is 2. The van der Waals surface area contributed by atoms with Crippen molar-refractivity contribution in [3.63, 3.8) is 0 Å². The zero-order valence-electron chi connectivity index (χ0n) is 12.2. The van der Waals surface area contributed by atoms with E-state index in [-0.39, 0.29) is 24.4 Å². The Morgan fingerprint density at radius 2 is 1.82 bits per heavy atom. The van der Waals surface area contributed by atoms with E-state index in [0.717, 1.165) is 0 Å². The van der Waals surface area contributed by atoms with Gasteiger partial charge in [0.1, 0.15) is 11.5 Å². The highest BCUT2D eigenvalue weighted by Crippen LogP contribution is 2.14. The molecule has 0 saturated heterocycles.